The number of methoxy groups -OCH3 is 2. The molecule has 2 aromatic carbocycles. The van der Waals surface area contributed by atoms with Crippen LogP contribution in [0.4, 0.5) is 5.69 Å². The van der Waals surface area contributed by atoms with Crippen LogP contribution in [0.3, 0.4) is 0 Å². The molecule has 0 fully saturated rings. The number of benzene rings is 2. The van der Waals surface area contributed by atoms with Crippen LogP contribution in [-0.2, 0) is 11.3 Å². The van der Waals surface area contributed by atoms with Crippen molar-refractivity contribution in [2.24, 2.45) is 5.92 Å². The zero-order valence-corrected chi connectivity index (χ0v) is 20.0. The third-order valence-corrected chi connectivity index (χ3v) is 5.46. The number of nitrogens with zero attached hydrogens (tertiary/aromatic N) is 2. The summed E-state index contributed by atoms with van der Waals surface area (Å²) in [6.07, 6.45) is 0. The molecule has 178 valence electrons. The van der Waals surface area contributed by atoms with E-state index in [1.165, 1.54) is 19.2 Å². The van der Waals surface area contributed by atoms with Gasteiger partial charge >= 0.3 is 0 Å². The molecule has 1 atom stereocenters. The maximum Gasteiger partial charge on any atom is 0.288 e. The van der Waals surface area contributed by atoms with Crippen LogP contribution in [0.2, 0.25) is 5.02 Å². The number of hydrogen-bond acceptors (Lipinski definition) is 6. The molecule has 1 unspecified atom stereocenters. The fraction of sp³-hybridized carbons (Fsp3) is 0.391. The third-order valence-electron chi connectivity index (χ3n) is 5.14. The van der Waals surface area contributed by atoms with Crippen molar-refractivity contribution in [2.75, 3.05) is 20.8 Å². The van der Waals surface area contributed by atoms with E-state index in [9.17, 15) is 19.7 Å². The van der Waals surface area contributed by atoms with Crippen molar-refractivity contribution >= 4 is 29.1 Å². The fourth-order valence-corrected chi connectivity index (χ4v) is 3.46. The monoisotopic (exact) mass is 477 g/mol. The lowest BCUT2D eigenvalue weighted by atomic mass is 10.0. The Morgan fingerprint density at radius 1 is 1.12 bits per heavy atom. The van der Waals surface area contributed by atoms with Gasteiger partial charge in [0.05, 0.1) is 19.1 Å². The molecule has 9 nitrogen and oxygen atoms in total. The largest absolute Gasteiger partial charge is 0.493 e. The number of nitro benzene ring substituents is 1. The zero-order valence-electron chi connectivity index (χ0n) is 19.3. The van der Waals surface area contributed by atoms with Gasteiger partial charge < -0.3 is 19.7 Å². The number of hydrogen-bond donors (Lipinski definition) is 1. The van der Waals surface area contributed by atoms with Gasteiger partial charge in [0.25, 0.3) is 11.6 Å². The highest BCUT2D eigenvalue weighted by Crippen LogP contribution is 2.28. The molecule has 0 aliphatic rings. The van der Waals surface area contributed by atoms with Crippen molar-refractivity contribution in [3.63, 3.8) is 0 Å². The molecule has 0 saturated carbocycles. The Morgan fingerprint density at radius 2 is 1.79 bits per heavy atom. The van der Waals surface area contributed by atoms with E-state index in [0.29, 0.717) is 24.6 Å². The van der Waals surface area contributed by atoms with Crippen LogP contribution in [0.25, 0.3) is 0 Å². The Bertz CT molecular complexity index is 1030. The molecule has 0 aliphatic carbocycles. The second-order valence-electron chi connectivity index (χ2n) is 7.66. The van der Waals surface area contributed by atoms with E-state index in [0.717, 1.165) is 11.6 Å². The standard InChI is InChI=1S/C23H28ClN3O6/c1-6-26(13-15-7-10-19(32-4)20(11-15)33-5)23(29)21(14(2)3)25-22(28)16-8-9-17(24)18(12-16)27(30)31/h7-12,14,21H,6,13H2,1-5H3,(H,25,28). The highest BCUT2D eigenvalue weighted by Gasteiger charge is 2.29. The molecule has 0 radical (unpaired) electrons. The van der Waals surface area contributed by atoms with Crippen LogP contribution in [0, 0.1) is 16.0 Å². The molecule has 0 saturated heterocycles. The lowest BCUT2D eigenvalue weighted by Gasteiger charge is -2.29. The van der Waals surface area contributed by atoms with Gasteiger partial charge in [0.15, 0.2) is 11.5 Å². The van der Waals surface area contributed by atoms with Crippen LogP contribution in [0.5, 0.6) is 11.5 Å². The Hall–Kier alpha value is -3.33. The molecule has 0 spiro atoms. The van der Waals surface area contributed by atoms with E-state index in [-0.39, 0.29) is 28.1 Å². The molecule has 1 N–H and O–H groups in total. The van der Waals surface area contributed by atoms with Crippen molar-refractivity contribution in [2.45, 2.75) is 33.4 Å². The normalized spacial score (nSPS) is 11.6. The molecule has 0 aliphatic heterocycles. The summed E-state index contributed by atoms with van der Waals surface area (Å²) in [5, 5.41) is 13.8. The molecule has 0 heterocycles. The third kappa shape index (κ3) is 6.35. The van der Waals surface area contributed by atoms with Gasteiger partial charge in [0, 0.05) is 24.7 Å². The van der Waals surface area contributed by atoms with Crippen LogP contribution in [0.1, 0.15) is 36.7 Å². The second kappa shape index (κ2) is 11.5. The first-order valence-corrected chi connectivity index (χ1v) is 10.7. The van der Waals surface area contributed by atoms with Gasteiger partial charge in [-0.25, -0.2) is 0 Å². The Balaban J connectivity index is 2.23. The van der Waals surface area contributed by atoms with E-state index in [2.05, 4.69) is 5.32 Å². The van der Waals surface area contributed by atoms with Crippen molar-refractivity contribution in [3.05, 3.63) is 62.7 Å². The summed E-state index contributed by atoms with van der Waals surface area (Å²) in [5.41, 5.74) is 0.512. The zero-order chi connectivity index (χ0) is 24.7. The Morgan fingerprint density at radius 3 is 2.33 bits per heavy atom. The molecule has 2 amide bonds. The van der Waals surface area contributed by atoms with Gasteiger partial charge in [0.2, 0.25) is 5.91 Å². The average molecular weight is 478 g/mol. The lowest BCUT2D eigenvalue weighted by Crippen LogP contribution is -2.51. The van der Waals surface area contributed by atoms with Crippen molar-refractivity contribution in [3.8, 4) is 11.5 Å². The number of carbonyl (C=O) groups is 2. The van der Waals surface area contributed by atoms with E-state index in [1.54, 1.807) is 24.1 Å². The minimum atomic E-state index is -0.827. The van der Waals surface area contributed by atoms with Crippen LogP contribution in [-0.4, -0.2) is 48.4 Å². The van der Waals surface area contributed by atoms with Gasteiger partial charge in [0.1, 0.15) is 11.1 Å². The second-order valence-corrected chi connectivity index (χ2v) is 8.07. The summed E-state index contributed by atoms with van der Waals surface area (Å²) in [6.45, 7) is 6.20. The number of nitrogens with one attached hydrogen (secondary N) is 1. The smallest absolute Gasteiger partial charge is 0.288 e. The van der Waals surface area contributed by atoms with Gasteiger partial charge in [-0.15, -0.1) is 0 Å². The topological polar surface area (TPSA) is 111 Å². The average Bonchev–Trinajstić information content (AvgIpc) is 2.79. The van der Waals surface area contributed by atoms with E-state index in [1.807, 2.05) is 26.8 Å². The molecule has 10 heteroatoms. The van der Waals surface area contributed by atoms with Crippen LogP contribution >= 0.6 is 11.6 Å². The number of nitro groups is 1. The quantitative estimate of drug-likeness (QED) is 0.408. The molecule has 2 rings (SSSR count). The first kappa shape index (κ1) is 25.9. The van der Waals surface area contributed by atoms with E-state index >= 15 is 0 Å². The predicted octanol–water partition coefficient (Wildman–Crippen LogP) is 4.07. The minimum absolute atomic E-state index is 0.0486. The number of halogens is 1. The summed E-state index contributed by atoms with van der Waals surface area (Å²) in [5.74, 6) is 0.0582. The first-order valence-electron chi connectivity index (χ1n) is 10.4. The summed E-state index contributed by atoms with van der Waals surface area (Å²) in [7, 11) is 3.08. The molecule has 2 aromatic rings. The highest BCUT2D eigenvalue weighted by atomic mass is 35.5. The Kier molecular flexibility index (Phi) is 9.04. The van der Waals surface area contributed by atoms with Gasteiger partial charge in [-0.1, -0.05) is 31.5 Å². The highest BCUT2D eigenvalue weighted by molar-refractivity contribution is 6.32. The molecular weight excluding hydrogens is 450 g/mol. The number of likely N-dealkylation sites (N-methyl/N-ethyl adjacent to an activating group) is 1. The van der Waals surface area contributed by atoms with Crippen molar-refractivity contribution in [1.29, 1.82) is 0 Å². The van der Waals surface area contributed by atoms with Gasteiger partial charge in [-0.2, -0.15) is 0 Å². The number of rotatable bonds is 10. The van der Waals surface area contributed by atoms with Crippen LogP contribution < -0.4 is 14.8 Å². The summed E-state index contributed by atoms with van der Waals surface area (Å²) in [4.78, 5) is 38.2. The first-order chi connectivity index (χ1) is 15.6. The number of carbonyl (C=O) groups excluding carboxylic acids is 2. The van der Waals surface area contributed by atoms with Crippen LogP contribution in [0.15, 0.2) is 36.4 Å². The lowest BCUT2D eigenvalue weighted by molar-refractivity contribution is -0.384. The number of ether oxygens (including phenoxy) is 2. The molecule has 0 bridgehead atoms. The maximum atomic E-state index is 13.3. The fourth-order valence-electron chi connectivity index (χ4n) is 3.27. The maximum absolute atomic E-state index is 13.3. The van der Waals surface area contributed by atoms with E-state index in [4.69, 9.17) is 21.1 Å². The van der Waals surface area contributed by atoms with Gasteiger partial charge in [-0.3, -0.25) is 19.7 Å². The molecule has 0 aromatic heterocycles. The minimum Gasteiger partial charge on any atom is -0.493 e. The van der Waals surface area contributed by atoms with Crippen molar-refractivity contribution < 1.29 is 24.0 Å². The Labute approximate surface area is 197 Å². The number of amides is 2. The summed E-state index contributed by atoms with van der Waals surface area (Å²) in [6, 6.07) is 8.34. The van der Waals surface area contributed by atoms with Gasteiger partial charge in [-0.05, 0) is 42.7 Å². The predicted molar refractivity (Wildman–Crippen MR) is 125 cm³/mol. The molecular formula is C23H28ClN3O6. The van der Waals surface area contributed by atoms with E-state index < -0.39 is 16.9 Å². The summed E-state index contributed by atoms with van der Waals surface area (Å²) < 4.78 is 10.6. The SMILES string of the molecule is CCN(Cc1ccc(OC)c(OC)c1)C(=O)C(NC(=O)c1ccc(Cl)c([N+](=O)[O-])c1)C(C)C. The summed E-state index contributed by atoms with van der Waals surface area (Å²) >= 11 is 5.83. The molecule has 33 heavy (non-hydrogen) atoms. The van der Waals surface area contributed by atoms with Crippen molar-refractivity contribution in [1.82, 2.24) is 10.2 Å².